The fourth-order valence-electron chi connectivity index (χ4n) is 3.36. The number of halogens is 3. The van der Waals surface area contributed by atoms with Gasteiger partial charge in [0.25, 0.3) is 0 Å². The number of thiazole rings is 1. The Bertz CT molecular complexity index is 1500. The van der Waals surface area contributed by atoms with Crippen molar-refractivity contribution >= 4 is 39.7 Å². The van der Waals surface area contributed by atoms with Crippen molar-refractivity contribution in [2.45, 2.75) is 12.7 Å². The van der Waals surface area contributed by atoms with E-state index in [4.69, 9.17) is 0 Å². The quantitative estimate of drug-likeness (QED) is 0.374. The van der Waals surface area contributed by atoms with Crippen LogP contribution < -0.4 is 15.5 Å². The number of nitrogens with one attached hydrogen (secondary N) is 2. The van der Waals surface area contributed by atoms with E-state index in [1.54, 1.807) is 35.1 Å². The lowest BCUT2D eigenvalue weighted by atomic mass is 10.1. The van der Waals surface area contributed by atoms with Crippen molar-refractivity contribution in [2.75, 3.05) is 43.7 Å². The lowest BCUT2D eigenvalue weighted by Crippen LogP contribution is -2.21. The van der Waals surface area contributed by atoms with Crippen LogP contribution in [0.25, 0.3) is 5.65 Å². The van der Waals surface area contributed by atoms with Crippen LogP contribution in [0, 0.1) is 11.8 Å². The highest BCUT2D eigenvalue weighted by Crippen LogP contribution is 2.34. The van der Waals surface area contributed by atoms with Crippen molar-refractivity contribution in [2.24, 2.45) is 0 Å². The minimum Gasteiger partial charge on any atom is -0.361 e. The molecule has 2 amide bonds. The number of amides is 2. The average molecular weight is 529 g/mol. The maximum Gasteiger partial charge on any atom is 0.416 e. The number of alkyl halides is 3. The molecule has 1 aromatic carbocycles. The Balaban J connectivity index is 1.45. The van der Waals surface area contributed by atoms with Gasteiger partial charge in [0, 0.05) is 31.7 Å². The molecule has 0 saturated carbocycles. The van der Waals surface area contributed by atoms with Gasteiger partial charge in [-0.3, -0.25) is 5.32 Å². The SMILES string of the molecule is CN(C)Cc1ccc(NC(=O)Nc2nc(C#Cc3cnc4ccc(N(C)C)nn34)cs2)cc1C(F)(F)F. The first kappa shape index (κ1) is 25.9. The van der Waals surface area contributed by atoms with Crippen molar-refractivity contribution < 1.29 is 18.0 Å². The van der Waals surface area contributed by atoms with E-state index >= 15 is 0 Å². The molecule has 192 valence electrons. The maximum absolute atomic E-state index is 13.5. The van der Waals surface area contributed by atoms with E-state index < -0.39 is 17.8 Å². The highest BCUT2D eigenvalue weighted by Gasteiger charge is 2.33. The van der Waals surface area contributed by atoms with E-state index in [1.165, 1.54) is 12.1 Å². The Hall–Kier alpha value is -4.15. The third-order valence-electron chi connectivity index (χ3n) is 5.01. The third kappa shape index (κ3) is 6.35. The van der Waals surface area contributed by atoms with Gasteiger partial charge < -0.3 is 15.1 Å². The van der Waals surface area contributed by atoms with Gasteiger partial charge in [0.15, 0.2) is 10.8 Å². The van der Waals surface area contributed by atoms with Crippen molar-refractivity contribution in [1.82, 2.24) is 24.5 Å². The minimum atomic E-state index is -4.55. The summed E-state index contributed by atoms with van der Waals surface area (Å²) in [6.07, 6.45) is -2.94. The Morgan fingerprint density at radius 2 is 1.89 bits per heavy atom. The Morgan fingerprint density at radius 3 is 2.59 bits per heavy atom. The number of hydrogen-bond donors (Lipinski definition) is 2. The number of anilines is 3. The van der Waals surface area contributed by atoms with Gasteiger partial charge in [-0.25, -0.2) is 19.3 Å². The molecule has 3 aromatic heterocycles. The standard InChI is InChI=1S/C24H23F3N8OS/c1-33(2)13-15-5-6-16(11-19(15)24(25,26)27)29-22(36)31-23-30-17(14-37-23)7-8-18-12-28-20-9-10-21(34(3)4)32-35(18)20/h5-6,9-12,14H,13H2,1-4H3,(H2,29,30,31,36). The molecule has 0 radical (unpaired) electrons. The number of nitrogens with zero attached hydrogens (tertiary/aromatic N) is 6. The summed E-state index contributed by atoms with van der Waals surface area (Å²) < 4.78 is 42.1. The zero-order valence-corrected chi connectivity index (χ0v) is 21.2. The number of imidazole rings is 1. The zero-order valence-electron chi connectivity index (χ0n) is 20.4. The summed E-state index contributed by atoms with van der Waals surface area (Å²) in [7, 11) is 7.13. The van der Waals surface area contributed by atoms with E-state index in [1.807, 2.05) is 31.1 Å². The van der Waals surface area contributed by atoms with Crippen LogP contribution in [0.5, 0.6) is 0 Å². The monoisotopic (exact) mass is 528 g/mol. The van der Waals surface area contributed by atoms with Crippen LogP contribution in [0.1, 0.15) is 22.5 Å². The lowest BCUT2D eigenvalue weighted by molar-refractivity contribution is -0.138. The number of rotatable bonds is 5. The van der Waals surface area contributed by atoms with Gasteiger partial charge in [-0.05, 0) is 55.8 Å². The van der Waals surface area contributed by atoms with E-state index in [-0.39, 0.29) is 22.9 Å². The zero-order chi connectivity index (χ0) is 26.7. The van der Waals surface area contributed by atoms with Crippen molar-refractivity contribution in [3.63, 3.8) is 0 Å². The van der Waals surface area contributed by atoms with E-state index in [9.17, 15) is 18.0 Å². The molecule has 0 aliphatic rings. The van der Waals surface area contributed by atoms with Gasteiger partial charge in [0.05, 0.1) is 11.8 Å². The predicted molar refractivity (Wildman–Crippen MR) is 137 cm³/mol. The fourth-order valence-corrected chi connectivity index (χ4v) is 4.00. The van der Waals surface area contributed by atoms with Crippen molar-refractivity contribution in [3.05, 3.63) is 64.4 Å². The highest BCUT2D eigenvalue weighted by molar-refractivity contribution is 7.14. The molecule has 0 unspecified atom stereocenters. The van der Waals surface area contributed by atoms with Crippen LogP contribution in [-0.2, 0) is 12.7 Å². The smallest absolute Gasteiger partial charge is 0.361 e. The second-order valence-electron chi connectivity index (χ2n) is 8.47. The van der Waals surface area contributed by atoms with E-state index in [0.29, 0.717) is 17.0 Å². The summed E-state index contributed by atoms with van der Waals surface area (Å²) in [5.74, 6) is 6.63. The molecule has 2 N–H and O–H groups in total. The van der Waals surface area contributed by atoms with Crippen molar-refractivity contribution in [1.29, 1.82) is 0 Å². The number of hydrogen-bond acceptors (Lipinski definition) is 7. The first-order valence-electron chi connectivity index (χ1n) is 10.9. The van der Waals surface area contributed by atoms with Crippen LogP contribution in [-0.4, -0.2) is 58.7 Å². The van der Waals surface area contributed by atoms with E-state index in [2.05, 4.69) is 37.5 Å². The summed E-state index contributed by atoms with van der Waals surface area (Å²) >= 11 is 1.14. The molecule has 0 fully saturated rings. The molecule has 9 nitrogen and oxygen atoms in total. The summed E-state index contributed by atoms with van der Waals surface area (Å²) in [6.45, 7) is 0.117. The lowest BCUT2D eigenvalue weighted by Gasteiger charge is -2.17. The number of fused-ring (bicyclic) bond motifs is 1. The Labute approximate surface area is 214 Å². The average Bonchev–Trinajstić information content (AvgIpc) is 3.43. The van der Waals surface area contributed by atoms with Gasteiger partial charge in [0.1, 0.15) is 17.2 Å². The Kier molecular flexibility index (Phi) is 7.33. The number of benzene rings is 1. The molecule has 4 aromatic rings. The van der Waals surface area contributed by atoms with Crippen LogP contribution in [0.2, 0.25) is 0 Å². The van der Waals surface area contributed by atoms with Gasteiger partial charge in [-0.2, -0.15) is 13.2 Å². The van der Waals surface area contributed by atoms with Gasteiger partial charge in [-0.15, -0.1) is 16.4 Å². The summed E-state index contributed by atoms with van der Waals surface area (Å²) in [5, 5.41) is 11.3. The molecular formula is C24H23F3N8OS. The molecule has 13 heteroatoms. The van der Waals surface area contributed by atoms with Crippen LogP contribution in [0.4, 0.5) is 34.6 Å². The van der Waals surface area contributed by atoms with Gasteiger partial charge >= 0.3 is 12.2 Å². The van der Waals surface area contributed by atoms with Crippen molar-refractivity contribution in [3.8, 4) is 11.8 Å². The molecule has 37 heavy (non-hydrogen) atoms. The number of urea groups is 1. The minimum absolute atomic E-state index is 0.0149. The van der Waals surface area contributed by atoms with Gasteiger partial charge in [-0.1, -0.05) is 6.07 Å². The largest absolute Gasteiger partial charge is 0.416 e. The number of carbonyl (C=O) groups is 1. The predicted octanol–water partition coefficient (Wildman–Crippen LogP) is 4.38. The van der Waals surface area contributed by atoms with E-state index in [0.717, 1.165) is 23.2 Å². The fraction of sp³-hybridized carbons (Fsp3) is 0.250. The third-order valence-corrected chi connectivity index (χ3v) is 5.77. The molecule has 0 atom stereocenters. The Morgan fingerprint density at radius 1 is 1.11 bits per heavy atom. The summed E-state index contributed by atoms with van der Waals surface area (Å²) in [5.41, 5.74) is 0.955. The second kappa shape index (κ2) is 10.5. The molecule has 4 rings (SSSR count). The molecule has 0 bridgehead atoms. The van der Waals surface area contributed by atoms with Gasteiger partial charge in [0.2, 0.25) is 0 Å². The summed E-state index contributed by atoms with van der Waals surface area (Å²) in [4.78, 5) is 24.4. The molecule has 0 spiro atoms. The molecule has 0 aliphatic heterocycles. The second-order valence-corrected chi connectivity index (χ2v) is 9.33. The number of carbonyl (C=O) groups excluding carboxylic acids is 1. The molecule has 0 aliphatic carbocycles. The maximum atomic E-state index is 13.5. The highest BCUT2D eigenvalue weighted by atomic mass is 32.1. The molecular weight excluding hydrogens is 505 g/mol. The first-order valence-corrected chi connectivity index (χ1v) is 11.8. The normalized spacial score (nSPS) is 11.4. The summed E-state index contributed by atoms with van der Waals surface area (Å²) in [6, 6.07) is 6.67. The number of aromatic nitrogens is 4. The van der Waals surface area contributed by atoms with Crippen LogP contribution >= 0.6 is 11.3 Å². The molecule has 3 heterocycles. The molecule has 0 saturated heterocycles. The van der Waals surface area contributed by atoms with Crippen LogP contribution in [0.15, 0.2) is 41.9 Å². The topological polar surface area (TPSA) is 90.7 Å². The first-order chi connectivity index (χ1) is 17.5. The van der Waals surface area contributed by atoms with Crippen LogP contribution in [0.3, 0.4) is 0 Å².